The molecule has 1 saturated carbocycles. The van der Waals surface area contributed by atoms with E-state index in [9.17, 15) is 4.39 Å². The normalized spacial score (nSPS) is 24.5. The summed E-state index contributed by atoms with van der Waals surface area (Å²) in [5.41, 5.74) is 1.35. The van der Waals surface area contributed by atoms with Gasteiger partial charge in [-0.2, -0.15) is 0 Å². The van der Waals surface area contributed by atoms with Crippen molar-refractivity contribution in [3.8, 4) is 0 Å². The van der Waals surface area contributed by atoms with Gasteiger partial charge in [-0.15, -0.1) is 0 Å². The van der Waals surface area contributed by atoms with Crippen molar-refractivity contribution in [3.63, 3.8) is 0 Å². The second kappa shape index (κ2) is 7.76. The summed E-state index contributed by atoms with van der Waals surface area (Å²) in [7, 11) is 0. The third-order valence-corrected chi connectivity index (χ3v) is 6.50. The van der Waals surface area contributed by atoms with Crippen LogP contribution in [0.15, 0.2) is 40.8 Å². The second-order valence-corrected chi connectivity index (χ2v) is 8.39. The fourth-order valence-corrected chi connectivity index (χ4v) is 5.09. The summed E-state index contributed by atoms with van der Waals surface area (Å²) in [6.07, 6.45) is 7.92. The summed E-state index contributed by atoms with van der Waals surface area (Å²) in [5.74, 6) is 1.76. The molecule has 1 aromatic carbocycles. The molecule has 146 valence electrons. The molecule has 0 unspecified atom stereocenters. The van der Waals surface area contributed by atoms with Crippen molar-refractivity contribution in [2.24, 2.45) is 0 Å². The number of hydrogen-bond acceptors (Lipinski definition) is 3. The van der Waals surface area contributed by atoms with Crippen LogP contribution in [0.3, 0.4) is 0 Å². The van der Waals surface area contributed by atoms with Gasteiger partial charge in [0.05, 0.1) is 12.1 Å². The maximum Gasteiger partial charge on any atom is 0.123 e. The van der Waals surface area contributed by atoms with Crippen LogP contribution in [-0.2, 0) is 16.7 Å². The Morgan fingerprint density at radius 1 is 1.04 bits per heavy atom. The molecule has 2 aliphatic rings. The van der Waals surface area contributed by atoms with Gasteiger partial charge in [0.1, 0.15) is 17.3 Å². The largest absolute Gasteiger partial charge is 0.465 e. The van der Waals surface area contributed by atoms with E-state index >= 15 is 0 Å². The lowest BCUT2D eigenvalue weighted by atomic mass is 9.66. The average molecular weight is 371 g/mol. The van der Waals surface area contributed by atoms with E-state index in [2.05, 4.69) is 5.32 Å². The highest BCUT2D eigenvalue weighted by molar-refractivity contribution is 5.28. The molecule has 1 spiro atoms. The third-order valence-electron chi connectivity index (χ3n) is 6.50. The average Bonchev–Trinajstić information content (AvgIpc) is 3.28. The molecule has 3 nitrogen and oxygen atoms in total. The standard InChI is InChI=1S/C23H30FNO2/c1-18-4-9-21(27-18)16-25-14-12-22(19-5-7-20(24)8-6-19)13-15-26-23(17-22)10-2-3-11-23/h4-9,25H,2-3,10-17H2,1H3/t22-/m1/s1. The number of ether oxygens (including phenoxy) is 1. The zero-order chi connectivity index (χ0) is 18.7. The van der Waals surface area contributed by atoms with Gasteiger partial charge in [-0.05, 0) is 75.4 Å². The molecule has 1 atom stereocenters. The van der Waals surface area contributed by atoms with E-state index < -0.39 is 0 Å². The highest BCUT2D eigenvalue weighted by atomic mass is 19.1. The van der Waals surface area contributed by atoms with Gasteiger partial charge in [-0.3, -0.25) is 0 Å². The van der Waals surface area contributed by atoms with Gasteiger partial charge in [-0.1, -0.05) is 25.0 Å². The number of aryl methyl sites for hydroxylation is 1. The Bertz CT molecular complexity index is 748. The molecule has 4 heteroatoms. The lowest BCUT2D eigenvalue weighted by molar-refractivity contribution is -0.103. The van der Waals surface area contributed by atoms with Crippen LogP contribution < -0.4 is 5.32 Å². The zero-order valence-corrected chi connectivity index (χ0v) is 16.2. The molecule has 0 amide bonds. The van der Waals surface area contributed by atoms with Crippen molar-refractivity contribution >= 4 is 0 Å². The Morgan fingerprint density at radius 3 is 2.52 bits per heavy atom. The van der Waals surface area contributed by atoms with Gasteiger partial charge < -0.3 is 14.5 Å². The quantitative estimate of drug-likeness (QED) is 0.703. The summed E-state index contributed by atoms with van der Waals surface area (Å²) in [6.45, 7) is 4.42. The van der Waals surface area contributed by atoms with Gasteiger partial charge >= 0.3 is 0 Å². The molecule has 0 radical (unpaired) electrons. The number of furan rings is 1. The van der Waals surface area contributed by atoms with Crippen LogP contribution in [0.2, 0.25) is 0 Å². The molecule has 1 N–H and O–H groups in total. The van der Waals surface area contributed by atoms with Crippen LogP contribution in [0.4, 0.5) is 4.39 Å². The minimum absolute atomic E-state index is 0.0325. The maximum absolute atomic E-state index is 13.5. The maximum atomic E-state index is 13.5. The number of halogens is 1. The van der Waals surface area contributed by atoms with Gasteiger partial charge in [0, 0.05) is 12.0 Å². The molecule has 4 rings (SSSR count). The molecular weight excluding hydrogens is 341 g/mol. The van der Waals surface area contributed by atoms with Crippen molar-refractivity contribution in [2.45, 2.75) is 69.4 Å². The highest BCUT2D eigenvalue weighted by Gasteiger charge is 2.47. The molecule has 2 aromatic rings. The lowest BCUT2D eigenvalue weighted by Gasteiger charge is -2.47. The fourth-order valence-electron chi connectivity index (χ4n) is 5.09. The Labute approximate surface area is 161 Å². The summed E-state index contributed by atoms with van der Waals surface area (Å²) in [6, 6.07) is 11.2. The lowest BCUT2D eigenvalue weighted by Crippen LogP contribution is -2.47. The first-order valence-corrected chi connectivity index (χ1v) is 10.3. The van der Waals surface area contributed by atoms with Crippen LogP contribution >= 0.6 is 0 Å². The van der Waals surface area contributed by atoms with E-state index in [1.54, 1.807) is 12.1 Å². The van der Waals surface area contributed by atoms with Crippen LogP contribution in [0.1, 0.15) is 62.0 Å². The van der Waals surface area contributed by atoms with Crippen molar-refractivity contribution < 1.29 is 13.5 Å². The van der Waals surface area contributed by atoms with E-state index in [1.165, 1.54) is 18.4 Å². The Kier molecular flexibility index (Phi) is 5.38. The van der Waals surface area contributed by atoms with Gasteiger partial charge in [0.2, 0.25) is 0 Å². The predicted molar refractivity (Wildman–Crippen MR) is 104 cm³/mol. The van der Waals surface area contributed by atoms with Crippen molar-refractivity contribution in [1.82, 2.24) is 5.32 Å². The Morgan fingerprint density at radius 2 is 1.81 bits per heavy atom. The molecule has 1 aromatic heterocycles. The first-order chi connectivity index (χ1) is 13.1. The summed E-state index contributed by atoms with van der Waals surface area (Å²) < 4.78 is 25.5. The summed E-state index contributed by atoms with van der Waals surface area (Å²) in [4.78, 5) is 0. The number of hydrogen-bond donors (Lipinski definition) is 1. The van der Waals surface area contributed by atoms with E-state index in [-0.39, 0.29) is 16.8 Å². The molecule has 1 saturated heterocycles. The molecule has 27 heavy (non-hydrogen) atoms. The molecule has 2 fully saturated rings. The number of rotatable bonds is 6. The van der Waals surface area contributed by atoms with E-state index in [0.717, 1.165) is 63.3 Å². The van der Waals surface area contributed by atoms with Gasteiger partial charge in [0.15, 0.2) is 0 Å². The van der Waals surface area contributed by atoms with Crippen molar-refractivity contribution in [1.29, 1.82) is 0 Å². The summed E-state index contributed by atoms with van der Waals surface area (Å²) >= 11 is 0. The van der Waals surface area contributed by atoms with Crippen molar-refractivity contribution in [3.05, 3.63) is 59.3 Å². The Hall–Kier alpha value is -1.65. The number of benzene rings is 1. The van der Waals surface area contributed by atoms with Crippen LogP contribution in [0, 0.1) is 12.7 Å². The Balaban J connectivity index is 1.48. The van der Waals surface area contributed by atoms with E-state index in [4.69, 9.17) is 9.15 Å². The highest BCUT2D eigenvalue weighted by Crippen LogP contribution is 2.50. The van der Waals surface area contributed by atoms with Gasteiger partial charge in [0.25, 0.3) is 0 Å². The fraction of sp³-hybridized carbons (Fsp3) is 0.565. The molecule has 1 aliphatic heterocycles. The molecule has 2 heterocycles. The SMILES string of the molecule is Cc1ccc(CNCC[C@@]2(c3ccc(F)cc3)CCOC3(CCCC3)C2)o1. The zero-order valence-electron chi connectivity index (χ0n) is 16.2. The van der Waals surface area contributed by atoms with Gasteiger partial charge in [-0.25, -0.2) is 4.39 Å². The summed E-state index contributed by atoms with van der Waals surface area (Å²) in [5, 5.41) is 3.54. The monoisotopic (exact) mass is 371 g/mol. The second-order valence-electron chi connectivity index (χ2n) is 8.39. The molecule has 1 aliphatic carbocycles. The minimum atomic E-state index is -0.164. The van der Waals surface area contributed by atoms with Crippen molar-refractivity contribution in [2.75, 3.05) is 13.2 Å². The molecular formula is C23H30FNO2. The first-order valence-electron chi connectivity index (χ1n) is 10.3. The first kappa shape index (κ1) is 18.7. The predicted octanol–water partition coefficient (Wildman–Crippen LogP) is 5.27. The van der Waals surface area contributed by atoms with Crippen LogP contribution in [0.5, 0.6) is 0 Å². The minimum Gasteiger partial charge on any atom is -0.465 e. The molecule has 0 bridgehead atoms. The third kappa shape index (κ3) is 4.12. The topological polar surface area (TPSA) is 34.4 Å². The number of nitrogens with one attached hydrogen (secondary N) is 1. The smallest absolute Gasteiger partial charge is 0.123 e. The van der Waals surface area contributed by atoms with Crippen LogP contribution in [0.25, 0.3) is 0 Å². The van der Waals surface area contributed by atoms with Crippen LogP contribution in [-0.4, -0.2) is 18.8 Å². The van der Waals surface area contributed by atoms with E-state index in [0.29, 0.717) is 0 Å². The van der Waals surface area contributed by atoms with E-state index in [1.807, 2.05) is 31.2 Å².